The van der Waals surface area contributed by atoms with Crippen molar-refractivity contribution < 1.29 is 9.59 Å². The van der Waals surface area contributed by atoms with Crippen molar-refractivity contribution in [1.29, 1.82) is 0 Å². The molecule has 2 N–H and O–H groups in total. The van der Waals surface area contributed by atoms with Crippen LogP contribution in [0.15, 0.2) is 48.5 Å². The second-order valence-corrected chi connectivity index (χ2v) is 7.39. The van der Waals surface area contributed by atoms with Crippen molar-refractivity contribution in [3.8, 4) is 0 Å². The summed E-state index contributed by atoms with van der Waals surface area (Å²) in [4.78, 5) is 24.2. The lowest BCUT2D eigenvalue weighted by atomic mass is 9.89. The van der Waals surface area contributed by atoms with E-state index in [1.807, 2.05) is 37.3 Å². The molecule has 1 aliphatic carbocycles. The fraction of sp³-hybridized carbons (Fsp3) is 0.391. The fourth-order valence-corrected chi connectivity index (χ4v) is 3.77. The SMILES string of the molecule is CC(=O)N[C@@H](CC(=O)N[C@H](C)c1ccc2c(c1)CCCC2)c1ccccc1. The van der Waals surface area contributed by atoms with Crippen LogP contribution in [0.1, 0.15) is 67.4 Å². The first kappa shape index (κ1) is 19.2. The normalized spacial score (nSPS) is 15.3. The molecule has 0 heterocycles. The average Bonchev–Trinajstić information content (AvgIpc) is 2.67. The summed E-state index contributed by atoms with van der Waals surface area (Å²) in [6, 6.07) is 15.8. The molecule has 0 fully saturated rings. The lowest BCUT2D eigenvalue weighted by Gasteiger charge is -2.22. The van der Waals surface area contributed by atoms with Crippen molar-refractivity contribution in [3.05, 3.63) is 70.8 Å². The zero-order valence-electron chi connectivity index (χ0n) is 16.1. The molecule has 2 aromatic rings. The van der Waals surface area contributed by atoms with Gasteiger partial charge in [-0.1, -0.05) is 48.5 Å². The molecule has 0 saturated heterocycles. The number of nitrogens with one attached hydrogen (secondary N) is 2. The van der Waals surface area contributed by atoms with Gasteiger partial charge in [0.2, 0.25) is 11.8 Å². The van der Waals surface area contributed by atoms with Crippen molar-refractivity contribution in [1.82, 2.24) is 10.6 Å². The van der Waals surface area contributed by atoms with Crippen LogP contribution >= 0.6 is 0 Å². The minimum atomic E-state index is -0.320. The van der Waals surface area contributed by atoms with Gasteiger partial charge in [-0.25, -0.2) is 0 Å². The molecular weight excluding hydrogens is 336 g/mol. The van der Waals surface area contributed by atoms with Crippen molar-refractivity contribution in [2.75, 3.05) is 0 Å². The maximum absolute atomic E-state index is 12.6. The molecule has 0 bridgehead atoms. The van der Waals surface area contributed by atoms with E-state index < -0.39 is 0 Å². The van der Waals surface area contributed by atoms with Crippen molar-refractivity contribution in [3.63, 3.8) is 0 Å². The smallest absolute Gasteiger partial charge is 0.222 e. The van der Waals surface area contributed by atoms with Crippen molar-refractivity contribution in [2.45, 2.75) is 58.0 Å². The van der Waals surface area contributed by atoms with Gasteiger partial charge in [-0.05, 0) is 54.9 Å². The summed E-state index contributed by atoms with van der Waals surface area (Å²) in [7, 11) is 0. The molecule has 2 amide bonds. The highest BCUT2D eigenvalue weighted by atomic mass is 16.2. The second kappa shape index (κ2) is 8.85. The second-order valence-electron chi connectivity index (χ2n) is 7.39. The van der Waals surface area contributed by atoms with Crippen LogP contribution in [0, 0.1) is 0 Å². The molecule has 2 aromatic carbocycles. The summed E-state index contributed by atoms with van der Waals surface area (Å²) >= 11 is 0. The first-order valence-corrected chi connectivity index (χ1v) is 9.76. The van der Waals surface area contributed by atoms with Crippen LogP contribution < -0.4 is 10.6 Å². The molecule has 0 spiro atoms. The van der Waals surface area contributed by atoms with Gasteiger partial charge in [0.05, 0.1) is 18.5 Å². The predicted octanol–water partition coefficient (Wildman–Crippen LogP) is 4.01. The Morgan fingerprint density at radius 1 is 0.926 bits per heavy atom. The molecule has 0 aliphatic heterocycles. The summed E-state index contributed by atoms with van der Waals surface area (Å²) in [5.74, 6) is -0.206. The van der Waals surface area contributed by atoms with E-state index in [0.717, 1.165) is 24.0 Å². The zero-order chi connectivity index (χ0) is 19.2. The summed E-state index contributed by atoms with van der Waals surface area (Å²) < 4.78 is 0. The Balaban J connectivity index is 1.65. The predicted molar refractivity (Wildman–Crippen MR) is 107 cm³/mol. The molecule has 4 nitrogen and oxygen atoms in total. The molecular formula is C23H28N2O2. The van der Waals surface area contributed by atoms with Crippen LogP contribution in [0.2, 0.25) is 0 Å². The minimum Gasteiger partial charge on any atom is -0.350 e. The van der Waals surface area contributed by atoms with Crippen LogP contribution in [0.4, 0.5) is 0 Å². The fourth-order valence-electron chi connectivity index (χ4n) is 3.77. The third-order valence-corrected chi connectivity index (χ3v) is 5.22. The van der Waals surface area contributed by atoms with Gasteiger partial charge < -0.3 is 10.6 Å². The summed E-state index contributed by atoms with van der Waals surface area (Å²) in [6.45, 7) is 3.49. The van der Waals surface area contributed by atoms with Gasteiger partial charge in [-0.2, -0.15) is 0 Å². The molecule has 0 aromatic heterocycles. The highest BCUT2D eigenvalue weighted by Gasteiger charge is 2.19. The van der Waals surface area contributed by atoms with Gasteiger partial charge in [-0.15, -0.1) is 0 Å². The maximum atomic E-state index is 12.6. The Kier molecular flexibility index (Phi) is 6.28. The number of hydrogen-bond acceptors (Lipinski definition) is 2. The van der Waals surface area contributed by atoms with Crippen LogP contribution in [-0.2, 0) is 22.4 Å². The minimum absolute atomic E-state index is 0.0570. The number of benzene rings is 2. The van der Waals surface area contributed by atoms with Gasteiger partial charge in [0.15, 0.2) is 0 Å². The van der Waals surface area contributed by atoms with Crippen molar-refractivity contribution in [2.24, 2.45) is 0 Å². The third-order valence-electron chi connectivity index (χ3n) is 5.22. The molecule has 3 rings (SSSR count). The number of aryl methyl sites for hydroxylation is 2. The lowest BCUT2D eigenvalue weighted by molar-refractivity contribution is -0.123. The van der Waals surface area contributed by atoms with Crippen LogP contribution in [0.3, 0.4) is 0 Å². The molecule has 0 unspecified atom stereocenters. The largest absolute Gasteiger partial charge is 0.350 e. The standard InChI is InChI=1S/C23H28N2O2/c1-16(20-13-12-18-8-6-7-11-21(18)14-20)24-23(27)15-22(25-17(2)26)19-9-4-3-5-10-19/h3-5,9-10,12-14,16,22H,6-8,11,15H2,1-2H3,(H,24,27)(H,25,26)/t16-,22+/m1/s1. The molecule has 27 heavy (non-hydrogen) atoms. The van der Waals surface area contributed by atoms with E-state index in [-0.39, 0.29) is 30.3 Å². The monoisotopic (exact) mass is 364 g/mol. The summed E-state index contributed by atoms with van der Waals surface area (Å²) in [5, 5.41) is 5.97. The van der Waals surface area contributed by atoms with E-state index in [0.29, 0.717) is 0 Å². The number of carbonyl (C=O) groups is 2. The first-order valence-electron chi connectivity index (χ1n) is 9.76. The van der Waals surface area contributed by atoms with E-state index in [1.165, 1.54) is 30.9 Å². The Morgan fingerprint density at radius 3 is 2.33 bits per heavy atom. The quantitative estimate of drug-likeness (QED) is 0.814. The highest BCUT2D eigenvalue weighted by Crippen LogP contribution is 2.25. The van der Waals surface area contributed by atoms with E-state index in [1.54, 1.807) is 0 Å². The molecule has 1 aliphatic rings. The Bertz CT molecular complexity index is 801. The molecule has 142 valence electrons. The molecule has 2 atom stereocenters. The first-order chi connectivity index (χ1) is 13.0. The van der Waals surface area contributed by atoms with E-state index in [2.05, 4.69) is 28.8 Å². The molecule has 4 heteroatoms. The van der Waals surface area contributed by atoms with Crippen LogP contribution in [-0.4, -0.2) is 11.8 Å². The van der Waals surface area contributed by atoms with Crippen LogP contribution in [0.25, 0.3) is 0 Å². The van der Waals surface area contributed by atoms with Gasteiger partial charge in [0.25, 0.3) is 0 Å². The Morgan fingerprint density at radius 2 is 1.63 bits per heavy atom. The number of carbonyl (C=O) groups excluding carboxylic acids is 2. The highest BCUT2D eigenvalue weighted by molar-refractivity contribution is 5.79. The molecule has 0 radical (unpaired) electrons. The number of rotatable bonds is 6. The van der Waals surface area contributed by atoms with Gasteiger partial charge >= 0.3 is 0 Å². The Labute approximate surface area is 161 Å². The van der Waals surface area contributed by atoms with E-state index in [4.69, 9.17) is 0 Å². The summed E-state index contributed by atoms with van der Waals surface area (Å²) in [5.41, 5.74) is 4.93. The number of fused-ring (bicyclic) bond motifs is 1. The summed E-state index contributed by atoms with van der Waals surface area (Å²) in [6.07, 6.45) is 5.02. The number of hydrogen-bond donors (Lipinski definition) is 2. The maximum Gasteiger partial charge on any atom is 0.222 e. The Hall–Kier alpha value is -2.62. The number of amides is 2. The van der Waals surface area contributed by atoms with E-state index >= 15 is 0 Å². The van der Waals surface area contributed by atoms with E-state index in [9.17, 15) is 9.59 Å². The zero-order valence-corrected chi connectivity index (χ0v) is 16.1. The van der Waals surface area contributed by atoms with Gasteiger partial charge in [-0.3, -0.25) is 9.59 Å². The van der Waals surface area contributed by atoms with Crippen molar-refractivity contribution >= 4 is 11.8 Å². The van der Waals surface area contributed by atoms with Crippen LogP contribution in [0.5, 0.6) is 0 Å². The van der Waals surface area contributed by atoms with Gasteiger partial charge in [0, 0.05) is 6.92 Å². The third kappa shape index (κ3) is 5.19. The average molecular weight is 364 g/mol. The topological polar surface area (TPSA) is 58.2 Å². The lowest BCUT2D eigenvalue weighted by Crippen LogP contribution is -2.33. The molecule has 0 saturated carbocycles. The van der Waals surface area contributed by atoms with Gasteiger partial charge in [0.1, 0.15) is 0 Å².